The van der Waals surface area contributed by atoms with E-state index in [1.54, 1.807) is 0 Å². The molecule has 2 heterocycles. The Morgan fingerprint density at radius 1 is 1.00 bits per heavy atom. The first-order valence-electron chi connectivity index (χ1n) is 7.81. The van der Waals surface area contributed by atoms with Gasteiger partial charge in [-0.25, -0.2) is 4.79 Å². The molecule has 3 atom stereocenters. The van der Waals surface area contributed by atoms with Gasteiger partial charge in [0.05, 0.1) is 0 Å². The molecule has 1 saturated carbocycles. The summed E-state index contributed by atoms with van der Waals surface area (Å²) in [6, 6.07) is 0.916. The van der Waals surface area contributed by atoms with E-state index in [-0.39, 0.29) is 0 Å². The Kier molecular flexibility index (Phi) is 3.49. The van der Waals surface area contributed by atoms with Crippen molar-refractivity contribution in [1.29, 1.82) is 0 Å². The first-order valence-corrected chi connectivity index (χ1v) is 7.81. The third-order valence-electron chi connectivity index (χ3n) is 5.18. The topological polar surface area (TPSA) is 23.6 Å². The van der Waals surface area contributed by atoms with Crippen LogP contribution >= 0.6 is 0 Å². The second kappa shape index (κ2) is 5.10. The van der Waals surface area contributed by atoms with Crippen molar-refractivity contribution in [3.8, 4) is 0 Å². The van der Waals surface area contributed by atoms with Crippen LogP contribution in [0.2, 0.25) is 0 Å². The quantitative estimate of drug-likeness (QED) is 0.648. The first kappa shape index (κ1) is 12.3. The molecule has 102 valence electrons. The predicted octanol–water partition coefficient (Wildman–Crippen LogP) is 3.10. The van der Waals surface area contributed by atoms with Crippen molar-refractivity contribution in [2.75, 3.05) is 19.6 Å². The van der Waals surface area contributed by atoms with Crippen molar-refractivity contribution >= 4 is 6.03 Å². The Labute approximate surface area is 111 Å². The summed E-state index contributed by atoms with van der Waals surface area (Å²) in [5, 5.41) is 0. The van der Waals surface area contributed by atoms with Crippen molar-refractivity contribution in [2.45, 2.75) is 57.9 Å². The molecule has 2 amide bonds. The van der Waals surface area contributed by atoms with Gasteiger partial charge in [0, 0.05) is 25.7 Å². The highest BCUT2D eigenvalue weighted by Crippen LogP contribution is 2.36. The first-order chi connectivity index (χ1) is 8.75. The minimum Gasteiger partial charge on any atom is -0.324 e. The third kappa shape index (κ3) is 2.24. The smallest absolute Gasteiger partial charge is 0.320 e. The van der Waals surface area contributed by atoms with Crippen LogP contribution in [0.25, 0.3) is 0 Å². The number of likely N-dealkylation sites (tertiary alicyclic amines) is 2. The molecule has 3 nitrogen and oxygen atoms in total. The van der Waals surface area contributed by atoms with E-state index in [2.05, 4.69) is 16.7 Å². The highest BCUT2D eigenvalue weighted by atomic mass is 16.2. The number of fused-ring (bicyclic) bond motifs is 1. The molecule has 2 aliphatic heterocycles. The van der Waals surface area contributed by atoms with Gasteiger partial charge in [-0.2, -0.15) is 0 Å². The standard InChI is InChI=1S/C15H26N2O/c1-12-5-4-9-16(11-12)15(18)17-10-8-13-6-2-3-7-14(13)17/h12-14H,2-11H2,1H3. The Bertz CT molecular complexity index is 318. The average Bonchev–Trinajstić information content (AvgIpc) is 2.82. The fourth-order valence-corrected chi connectivity index (χ4v) is 4.19. The lowest BCUT2D eigenvalue weighted by atomic mass is 9.85. The van der Waals surface area contributed by atoms with E-state index < -0.39 is 0 Å². The molecule has 0 radical (unpaired) electrons. The summed E-state index contributed by atoms with van der Waals surface area (Å²) in [6.07, 6.45) is 9.03. The molecule has 0 N–H and O–H groups in total. The van der Waals surface area contributed by atoms with Gasteiger partial charge in [0.15, 0.2) is 0 Å². The minimum absolute atomic E-state index is 0.343. The maximum absolute atomic E-state index is 12.7. The number of hydrogen-bond donors (Lipinski definition) is 0. The molecule has 3 heteroatoms. The molecule has 0 spiro atoms. The third-order valence-corrected chi connectivity index (χ3v) is 5.18. The van der Waals surface area contributed by atoms with Crippen LogP contribution in [0.5, 0.6) is 0 Å². The summed E-state index contributed by atoms with van der Waals surface area (Å²) in [6.45, 7) is 5.25. The number of piperidine rings is 1. The van der Waals surface area contributed by atoms with Crippen molar-refractivity contribution in [1.82, 2.24) is 9.80 Å². The molecule has 3 aliphatic rings. The molecular formula is C15H26N2O. The average molecular weight is 250 g/mol. The zero-order chi connectivity index (χ0) is 12.5. The largest absolute Gasteiger partial charge is 0.324 e. The van der Waals surface area contributed by atoms with Crippen LogP contribution in [0.1, 0.15) is 51.9 Å². The van der Waals surface area contributed by atoms with Crippen LogP contribution < -0.4 is 0 Å². The fourth-order valence-electron chi connectivity index (χ4n) is 4.19. The van der Waals surface area contributed by atoms with Crippen molar-refractivity contribution < 1.29 is 4.79 Å². The van der Waals surface area contributed by atoms with Gasteiger partial charge in [-0.15, -0.1) is 0 Å². The van der Waals surface area contributed by atoms with E-state index in [0.717, 1.165) is 25.6 Å². The summed E-state index contributed by atoms with van der Waals surface area (Å²) in [5.74, 6) is 1.50. The van der Waals surface area contributed by atoms with Gasteiger partial charge in [-0.1, -0.05) is 19.8 Å². The van der Waals surface area contributed by atoms with Gasteiger partial charge in [0.1, 0.15) is 0 Å². The normalized spacial score (nSPS) is 36.6. The summed E-state index contributed by atoms with van der Waals surface area (Å²) in [5.41, 5.74) is 0. The summed E-state index contributed by atoms with van der Waals surface area (Å²) in [7, 11) is 0. The Hall–Kier alpha value is -0.730. The molecule has 0 bridgehead atoms. The molecular weight excluding hydrogens is 224 g/mol. The fraction of sp³-hybridized carbons (Fsp3) is 0.933. The van der Waals surface area contributed by atoms with Crippen molar-refractivity contribution in [3.63, 3.8) is 0 Å². The highest BCUT2D eigenvalue weighted by molar-refractivity contribution is 5.75. The molecule has 3 fully saturated rings. The van der Waals surface area contributed by atoms with E-state index in [0.29, 0.717) is 18.0 Å². The summed E-state index contributed by atoms with van der Waals surface area (Å²) >= 11 is 0. The van der Waals surface area contributed by atoms with Gasteiger partial charge in [-0.05, 0) is 43.9 Å². The van der Waals surface area contributed by atoms with Gasteiger partial charge in [0.2, 0.25) is 0 Å². The molecule has 0 aromatic rings. The van der Waals surface area contributed by atoms with Gasteiger partial charge >= 0.3 is 6.03 Å². The minimum atomic E-state index is 0.343. The molecule has 3 rings (SSSR count). The predicted molar refractivity (Wildman–Crippen MR) is 72.4 cm³/mol. The van der Waals surface area contributed by atoms with Crippen LogP contribution in [-0.4, -0.2) is 41.5 Å². The number of nitrogens with zero attached hydrogens (tertiary/aromatic N) is 2. The second-order valence-corrected chi connectivity index (χ2v) is 6.57. The van der Waals surface area contributed by atoms with Crippen molar-refractivity contribution in [2.24, 2.45) is 11.8 Å². The van der Waals surface area contributed by atoms with Gasteiger partial charge in [-0.3, -0.25) is 0 Å². The maximum atomic E-state index is 12.7. The maximum Gasteiger partial charge on any atom is 0.320 e. The Balaban J connectivity index is 1.65. The summed E-state index contributed by atoms with van der Waals surface area (Å²) < 4.78 is 0. The zero-order valence-corrected chi connectivity index (χ0v) is 11.6. The lowest BCUT2D eigenvalue weighted by Gasteiger charge is -2.38. The lowest BCUT2D eigenvalue weighted by Crippen LogP contribution is -2.50. The van der Waals surface area contributed by atoms with Gasteiger partial charge < -0.3 is 9.80 Å². The van der Waals surface area contributed by atoms with Crippen LogP contribution in [0, 0.1) is 11.8 Å². The molecule has 18 heavy (non-hydrogen) atoms. The molecule has 0 aromatic carbocycles. The highest BCUT2D eigenvalue weighted by Gasteiger charge is 2.40. The molecule has 0 aromatic heterocycles. The number of urea groups is 1. The van der Waals surface area contributed by atoms with E-state index in [1.807, 2.05) is 0 Å². The van der Waals surface area contributed by atoms with E-state index in [9.17, 15) is 4.79 Å². The van der Waals surface area contributed by atoms with Crippen LogP contribution in [-0.2, 0) is 0 Å². The van der Waals surface area contributed by atoms with Crippen molar-refractivity contribution in [3.05, 3.63) is 0 Å². The van der Waals surface area contributed by atoms with Crippen LogP contribution in [0.15, 0.2) is 0 Å². The number of amides is 2. The molecule has 3 unspecified atom stereocenters. The van der Waals surface area contributed by atoms with Gasteiger partial charge in [0.25, 0.3) is 0 Å². The Morgan fingerprint density at radius 3 is 2.67 bits per heavy atom. The number of carbonyl (C=O) groups is 1. The van der Waals surface area contributed by atoms with E-state index >= 15 is 0 Å². The zero-order valence-electron chi connectivity index (χ0n) is 11.6. The van der Waals surface area contributed by atoms with E-state index in [4.69, 9.17) is 0 Å². The Morgan fingerprint density at radius 2 is 1.83 bits per heavy atom. The van der Waals surface area contributed by atoms with Crippen LogP contribution in [0.3, 0.4) is 0 Å². The summed E-state index contributed by atoms with van der Waals surface area (Å²) in [4.78, 5) is 17.0. The number of carbonyl (C=O) groups excluding carboxylic acids is 1. The van der Waals surface area contributed by atoms with Crippen LogP contribution in [0.4, 0.5) is 4.79 Å². The monoisotopic (exact) mass is 250 g/mol. The number of hydrogen-bond acceptors (Lipinski definition) is 1. The van der Waals surface area contributed by atoms with E-state index in [1.165, 1.54) is 44.9 Å². The molecule has 1 aliphatic carbocycles. The number of rotatable bonds is 0. The molecule has 2 saturated heterocycles. The lowest BCUT2D eigenvalue weighted by molar-refractivity contribution is 0.115. The second-order valence-electron chi connectivity index (χ2n) is 6.57. The SMILES string of the molecule is CC1CCCN(C(=O)N2CCC3CCCCC32)C1.